The van der Waals surface area contributed by atoms with Gasteiger partial charge >= 0.3 is 6.09 Å². The molecule has 1 aliphatic heterocycles. The Balaban J connectivity index is 1.55. The fourth-order valence-electron chi connectivity index (χ4n) is 4.07. The molecule has 4 rings (SSSR count). The van der Waals surface area contributed by atoms with E-state index >= 15 is 0 Å². The van der Waals surface area contributed by atoms with Crippen molar-refractivity contribution < 1.29 is 14.3 Å². The fraction of sp³-hybridized carbons (Fsp3) is 0.346. The number of aromatic nitrogens is 2. The van der Waals surface area contributed by atoms with Gasteiger partial charge in [0.1, 0.15) is 5.69 Å². The number of hydrogen-bond acceptors (Lipinski definition) is 7. The standard InChI is InChI=1S/C26H28N6O3/c1-2-35-26(34)32-16-14-31(15-17-32)24-23(29-21-10-6-7-11-22(21)30-24)20(18-27)25(33)28-13-12-19-8-4-3-5-9-19/h3-11,20H,2,12-17H2,1H3,(H,28,33)/t20-/m0/s1. The molecule has 0 aliphatic carbocycles. The lowest BCUT2D eigenvalue weighted by atomic mass is 10.0. The van der Waals surface area contributed by atoms with Crippen LogP contribution in [0.25, 0.3) is 11.0 Å². The summed E-state index contributed by atoms with van der Waals surface area (Å²) in [6, 6.07) is 19.4. The lowest BCUT2D eigenvalue weighted by Gasteiger charge is -2.35. The van der Waals surface area contributed by atoms with Gasteiger partial charge in [-0.3, -0.25) is 4.79 Å². The molecule has 1 fully saturated rings. The smallest absolute Gasteiger partial charge is 0.409 e. The van der Waals surface area contributed by atoms with Crippen LogP contribution < -0.4 is 10.2 Å². The van der Waals surface area contributed by atoms with Gasteiger partial charge in [0.25, 0.3) is 0 Å². The van der Waals surface area contributed by atoms with Crippen LogP contribution in [-0.2, 0) is 16.0 Å². The normalized spacial score (nSPS) is 14.3. The van der Waals surface area contributed by atoms with Crippen LogP contribution in [0.2, 0.25) is 0 Å². The van der Waals surface area contributed by atoms with Crippen molar-refractivity contribution in [3.05, 3.63) is 65.9 Å². The summed E-state index contributed by atoms with van der Waals surface area (Å²) in [5.41, 5.74) is 2.73. The molecule has 0 saturated carbocycles. The van der Waals surface area contributed by atoms with Crippen LogP contribution in [0.15, 0.2) is 54.6 Å². The molecule has 2 amide bonds. The SMILES string of the molecule is CCOC(=O)N1CCN(c2nc3ccccc3nc2[C@H](C#N)C(=O)NCCc2ccccc2)CC1. The van der Waals surface area contributed by atoms with Crippen molar-refractivity contribution in [3.8, 4) is 6.07 Å². The van der Waals surface area contributed by atoms with Crippen LogP contribution in [0, 0.1) is 11.3 Å². The molecule has 0 spiro atoms. The number of para-hydroxylation sites is 2. The third kappa shape index (κ3) is 5.66. The molecular formula is C26H28N6O3. The Kier molecular flexibility index (Phi) is 7.73. The number of carbonyl (C=O) groups excluding carboxylic acids is 2. The minimum Gasteiger partial charge on any atom is -0.450 e. The number of nitriles is 1. The van der Waals surface area contributed by atoms with E-state index in [0.717, 1.165) is 5.56 Å². The van der Waals surface area contributed by atoms with Gasteiger partial charge in [-0.25, -0.2) is 14.8 Å². The van der Waals surface area contributed by atoms with Crippen LogP contribution in [0.5, 0.6) is 0 Å². The molecule has 0 unspecified atom stereocenters. The summed E-state index contributed by atoms with van der Waals surface area (Å²) in [6.45, 7) is 4.40. The maximum absolute atomic E-state index is 13.1. The number of rotatable bonds is 7. The molecule has 1 aliphatic rings. The average molecular weight is 473 g/mol. The number of benzene rings is 2. The molecule has 180 valence electrons. The van der Waals surface area contributed by atoms with Crippen LogP contribution in [0.4, 0.5) is 10.6 Å². The number of nitrogens with one attached hydrogen (secondary N) is 1. The van der Waals surface area contributed by atoms with Gasteiger partial charge in [0.2, 0.25) is 5.91 Å². The molecule has 1 aromatic heterocycles. The van der Waals surface area contributed by atoms with Crippen LogP contribution in [-0.4, -0.2) is 66.2 Å². The summed E-state index contributed by atoms with van der Waals surface area (Å²) in [5.74, 6) is -1.02. The lowest BCUT2D eigenvalue weighted by Crippen LogP contribution is -2.49. The van der Waals surface area contributed by atoms with Crippen LogP contribution >= 0.6 is 0 Å². The lowest BCUT2D eigenvalue weighted by molar-refractivity contribution is -0.121. The average Bonchev–Trinajstić information content (AvgIpc) is 2.89. The minimum atomic E-state index is -1.11. The van der Waals surface area contributed by atoms with E-state index in [1.54, 1.807) is 11.8 Å². The Labute approximate surface area is 204 Å². The Hall–Kier alpha value is -4.19. The zero-order chi connectivity index (χ0) is 24.6. The van der Waals surface area contributed by atoms with E-state index in [1.807, 2.05) is 59.5 Å². The second-order valence-electron chi connectivity index (χ2n) is 8.18. The molecule has 1 N–H and O–H groups in total. The molecular weight excluding hydrogens is 444 g/mol. The summed E-state index contributed by atoms with van der Waals surface area (Å²) in [5, 5.41) is 12.8. The molecule has 9 heteroatoms. The van der Waals surface area contributed by atoms with Gasteiger partial charge in [-0.05, 0) is 31.0 Å². The zero-order valence-electron chi connectivity index (χ0n) is 19.7. The fourth-order valence-corrected chi connectivity index (χ4v) is 4.07. The minimum absolute atomic E-state index is 0.322. The van der Waals surface area contributed by atoms with E-state index in [4.69, 9.17) is 14.7 Å². The monoisotopic (exact) mass is 472 g/mol. The first-order valence-corrected chi connectivity index (χ1v) is 11.7. The highest BCUT2D eigenvalue weighted by molar-refractivity contribution is 5.89. The Morgan fingerprint density at radius 2 is 1.69 bits per heavy atom. The number of nitrogens with zero attached hydrogens (tertiary/aromatic N) is 5. The number of piperazine rings is 1. The summed E-state index contributed by atoms with van der Waals surface area (Å²) in [4.78, 5) is 38.3. The van der Waals surface area contributed by atoms with Crippen molar-refractivity contribution in [1.29, 1.82) is 5.26 Å². The van der Waals surface area contributed by atoms with Crippen LogP contribution in [0.1, 0.15) is 24.1 Å². The predicted octanol–water partition coefficient (Wildman–Crippen LogP) is 2.87. The van der Waals surface area contributed by atoms with E-state index < -0.39 is 11.8 Å². The maximum Gasteiger partial charge on any atom is 0.409 e. The maximum atomic E-state index is 13.1. The van der Waals surface area contributed by atoms with Crippen molar-refractivity contribution >= 4 is 28.9 Å². The quantitative estimate of drug-likeness (QED) is 0.563. The summed E-state index contributed by atoms with van der Waals surface area (Å²) < 4.78 is 5.10. The molecule has 9 nitrogen and oxygen atoms in total. The third-order valence-corrected chi connectivity index (χ3v) is 5.90. The molecule has 3 aromatic rings. The van der Waals surface area contributed by atoms with E-state index in [2.05, 4.69) is 11.4 Å². The number of hydrogen-bond donors (Lipinski definition) is 1. The number of anilines is 1. The second-order valence-corrected chi connectivity index (χ2v) is 8.18. The van der Waals surface area contributed by atoms with Gasteiger partial charge in [-0.1, -0.05) is 42.5 Å². The van der Waals surface area contributed by atoms with E-state index in [9.17, 15) is 14.9 Å². The highest BCUT2D eigenvalue weighted by Gasteiger charge is 2.31. The van der Waals surface area contributed by atoms with Crippen LogP contribution in [0.3, 0.4) is 0 Å². The third-order valence-electron chi connectivity index (χ3n) is 5.90. The summed E-state index contributed by atoms with van der Waals surface area (Å²) >= 11 is 0. The second kappa shape index (κ2) is 11.3. The number of fused-ring (bicyclic) bond motifs is 1. The first-order chi connectivity index (χ1) is 17.1. The van der Waals surface area contributed by atoms with Gasteiger partial charge in [0, 0.05) is 32.7 Å². The molecule has 2 heterocycles. The summed E-state index contributed by atoms with van der Waals surface area (Å²) in [7, 11) is 0. The first-order valence-electron chi connectivity index (χ1n) is 11.7. The number of carbonyl (C=O) groups is 2. The predicted molar refractivity (Wildman–Crippen MR) is 132 cm³/mol. The molecule has 35 heavy (non-hydrogen) atoms. The van der Waals surface area contributed by atoms with Crippen molar-refractivity contribution in [2.75, 3.05) is 44.2 Å². The van der Waals surface area contributed by atoms with Gasteiger partial charge in [-0.2, -0.15) is 5.26 Å². The van der Waals surface area contributed by atoms with Crippen molar-refractivity contribution in [2.24, 2.45) is 0 Å². The van der Waals surface area contributed by atoms with E-state index in [0.29, 0.717) is 68.3 Å². The Morgan fingerprint density at radius 3 is 2.34 bits per heavy atom. The Morgan fingerprint density at radius 1 is 1.03 bits per heavy atom. The summed E-state index contributed by atoms with van der Waals surface area (Å²) in [6.07, 6.45) is 0.321. The topological polar surface area (TPSA) is 111 Å². The molecule has 1 saturated heterocycles. The Bertz CT molecular complexity index is 1220. The highest BCUT2D eigenvalue weighted by atomic mass is 16.6. The van der Waals surface area contributed by atoms with Crippen molar-refractivity contribution in [1.82, 2.24) is 20.2 Å². The number of ether oxygens (including phenoxy) is 1. The van der Waals surface area contributed by atoms with E-state index in [-0.39, 0.29) is 6.09 Å². The molecule has 0 radical (unpaired) electrons. The first kappa shape index (κ1) is 24.0. The largest absolute Gasteiger partial charge is 0.450 e. The van der Waals surface area contributed by atoms with Gasteiger partial charge in [-0.15, -0.1) is 0 Å². The molecule has 0 bridgehead atoms. The van der Waals surface area contributed by atoms with E-state index in [1.165, 1.54) is 0 Å². The van der Waals surface area contributed by atoms with Gasteiger partial charge in [0.05, 0.1) is 23.7 Å². The zero-order valence-corrected chi connectivity index (χ0v) is 19.7. The van der Waals surface area contributed by atoms with Gasteiger partial charge < -0.3 is 19.9 Å². The van der Waals surface area contributed by atoms with Crippen molar-refractivity contribution in [3.63, 3.8) is 0 Å². The van der Waals surface area contributed by atoms with Gasteiger partial charge in [0.15, 0.2) is 11.7 Å². The number of amides is 2. The highest BCUT2D eigenvalue weighted by Crippen LogP contribution is 2.28. The van der Waals surface area contributed by atoms with Crippen molar-refractivity contribution in [2.45, 2.75) is 19.3 Å². The molecule has 1 atom stereocenters. The molecule has 2 aromatic carbocycles.